The highest BCUT2D eigenvalue weighted by atomic mass is 35.5. The molecule has 0 aliphatic carbocycles. The Morgan fingerprint density at radius 2 is 1.85 bits per heavy atom. The van der Waals surface area contributed by atoms with Gasteiger partial charge in [-0.25, -0.2) is 4.39 Å². The molecular formula is C16H11ClFNO. The zero-order valence-electron chi connectivity index (χ0n) is 10.4. The number of aliphatic hydroxyl groups is 1. The predicted octanol–water partition coefficient (Wildman–Crippen LogP) is 4.11. The molecule has 1 N–H and O–H groups in total. The molecule has 0 fully saturated rings. The van der Waals surface area contributed by atoms with Crippen molar-refractivity contribution in [1.29, 1.82) is 0 Å². The molecule has 2 aromatic carbocycles. The number of fused-ring (bicyclic) bond motifs is 1. The lowest BCUT2D eigenvalue weighted by Gasteiger charge is -2.12. The molecule has 0 aliphatic rings. The topological polar surface area (TPSA) is 33.1 Å². The SMILES string of the molecule is OC(c1cc(F)cc(Cl)c1)c1cnc2ccccc2c1. The van der Waals surface area contributed by atoms with E-state index in [1.165, 1.54) is 12.1 Å². The zero-order valence-corrected chi connectivity index (χ0v) is 11.2. The van der Waals surface area contributed by atoms with Crippen LogP contribution in [-0.2, 0) is 0 Å². The van der Waals surface area contributed by atoms with Crippen molar-refractivity contribution >= 4 is 22.5 Å². The van der Waals surface area contributed by atoms with Crippen LogP contribution in [0.4, 0.5) is 4.39 Å². The second-order valence-electron chi connectivity index (χ2n) is 4.57. The molecule has 1 heterocycles. The van der Waals surface area contributed by atoms with Gasteiger partial charge in [-0.1, -0.05) is 29.8 Å². The summed E-state index contributed by atoms with van der Waals surface area (Å²) in [5.41, 5.74) is 1.86. The molecule has 2 nitrogen and oxygen atoms in total. The Morgan fingerprint density at radius 3 is 2.65 bits per heavy atom. The monoisotopic (exact) mass is 287 g/mol. The largest absolute Gasteiger partial charge is 0.384 e. The van der Waals surface area contributed by atoms with Crippen LogP contribution in [-0.4, -0.2) is 10.1 Å². The Bertz CT molecular complexity index is 755. The molecule has 0 radical (unpaired) electrons. The standard InChI is InChI=1S/C16H11ClFNO/c17-13-6-11(7-14(18)8-13)16(20)12-5-10-3-1-2-4-15(10)19-9-12/h1-9,16,20H. The van der Waals surface area contributed by atoms with E-state index in [-0.39, 0.29) is 5.02 Å². The number of aromatic nitrogens is 1. The van der Waals surface area contributed by atoms with E-state index >= 15 is 0 Å². The minimum atomic E-state index is -0.958. The van der Waals surface area contributed by atoms with E-state index in [4.69, 9.17) is 11.6 Å². The van der Waals surface area contributed by atoms with Gasteiger partial charge in [-0.3, -0.25) is 4.98 Å². The summed E-state index contributed by atoms with van der Waals surface area (Å²) < 4.78 is 13.3. The predicted molar refractivity (Wildman–Crippen MR) is 77.2 cm³/mol. The Balaban J connectivity index is 2.05. The van der Waals surface area contributed by atoms with E-state index in [9.17, 15) is 9.50 Å². The van der Waals surface area contributed by atoms with E-state index in [2.05, 4.69) is 4.98 Å². The first-order valence-electron chi connectivity index (χ1n) is 6.12. The fraction of sp³-hybridized carbons (Fsp3) is 0.0625. The number of rotatable bonds is 2. The van der Waals surface area contributed by atoms with Crippen molar-refractivity contribution in [2.24, 2.45) is 0 Å². The first-order valence-corrected chi connectivity index (χ1v) is 6.50. The van der Waals surface area contributed by atoms with E-state index < -0.39 is 11.9 Å². The van der Waals surface area contributed by atoms with E-state index in [0.717, 1.165) is 10.9 Å². The molecule has 100 valence electrons. The van der Waals surface area contributed by atoms with Gasteiger partial charge in [0.15, 0.2) is 0 Å². The third kappa shape index (κ3) is 2.50. The molecule has 0 aliphatic heterocycles. The molecule has 3 aromatic rings. The van der Waals surface area contributed by atoms with E-state index in [1.54, 1.807) is 12.3 Å². The number of nitrogens with zero attached hydrogens (tertiary/aromatic N) is 1. The molecule has 1 aromatic heterocycles. The fourth-order valence-electron chi connectivity index (χ4n) is 2.16. The zero-order chi connectivity index (χ0) is 14.1. The van der Waals surface area contributed by atoms with Gasteiger partial charge in [0.05, 0.1) is 5.52 Å². The molecule has 0 saturated carbocycles. The maximum absolute atomic E-state index is 13.3. The van der Waals surface area contributed by atoms with Gasteiger partial charge in [0.1, 0.15) is 11.9 Å². The van der Waals surface area contributed by atoms with Crippen LogP contribution in [0.1, 0.15) is 17.2 Å². The normalized spacial score (nSPS) is 12.6. The number of hydrogen-bond acceptors (Lipinski definition) is 2. The second kappa shape index (κ2) is 5.19. The van der Waals surface area contributed by atoms with Crippen LogP contribution in [0.25, 0.3) is 10.9 Å². The van der Waals surface area contributed by atoms with Crippen molar-refractivity contribution in [3.05, 3.63) is 76.7 Å². The van der Waals surface area contributed by atoms with Crippen LogP contribution in [0.5, 0.6) is 0 Å². The summed E-state index contributed by atoms with van der Waals surface area (Å²) >= 11 is 5.81. The third-order valence-electron chi connectivity index (χ3n) is 3.13. The van der Waals surface area contributed by atoms with Gasteiger partial charge < -0.3 is 5.11 Å². The van der Waals surface area contributed by atoms with Gasteiger partial charge in [0.25, 0.3) is 0 Å². The third-order valence-corrected chi connectivity index (χ3v) is 3.35. The van der Waals surface area contributed by atoms with Crippen molar-refractivity contribution in [3.8, 4) is 0 Å². The summed E-state index contributed by atoms with van der Waals surface area (Å²) in [7, 11) is 0. The van der Waals surface area contributed by atoms with Crippen LogP contribution >= 0.6 is 11.6 Å². The summed E-state index contributed by atoms with van der Waals surface area (Å²) in [6.45, 7) is 0. The lowest BCUT2D eigenvalue weighted by atomic mass is 10.0. The van der Waals surface area contributed by atoms with Gasteiger partial charge in [0.2, 0.25) is 0 Å². The Labute approximate surface area is 120 Å². The lowest BCUT2D eigenvalue weighted by molar-refractivity contribution is 0.219. The van der Waals surface area contributed by atoms with Crippen molar-refractivity contribution in [3.63, 3.8) is 0 Å². The summed E-state index contributed by atoms with van der Waals surface area (Å²) in [5.74, 6) is -0.472. The maximum Gasteiger partial charge on any atom is 0.125 e. The molecule has 0 saturated heterocycles. The molecule has 0 bridgehead atoms. The second-order valence-corrected chi connectivity index (χ2v) is 5.00. The highest BCUT2D eigenvalue weighted by Gasteiger charge is 2.13. The Kier molecular flexibility index (Phi) is 3.38. The molecule has 3 rings (SSSR count). The van der Waals surface area contributed by atoms with E-state index in [1.807, 2.05) is 30.3 Å². The Hall–Kier alpha value is -1.97. The minimum absolute atomic E-state index is 0.257. The number of pyridine rings is 1. The van der Waals surface area contributed by atoms with Crippen molar-refractivity contribution in [1.82, 2.24) is 4.98 Å². The molecule has 1 unspecified atom stereocenters. The van der Waals surface area contributed by atoms with Crippen molar-refractivity contribution in [2.45, 2.75) is 6.10 Å². The Morgan fingerprint density at radius 1 is 1.05 bits per heavy atom. The van der Waals surface area contributed by atoms with Gasteiger partial charge >= 0.3 is 0 Å². The van der Waals surface area contributed by atoms with Crippen LogP contribution in [0.15, 0.2) is 54.7 Å². The van der Waals surface area contributed by atoms with Gasteiger partial charge in [0, 0.05) is 22.2 Å². The molecule has 0 amide bonds. The number of aliphatic hydroxyl groups excluding tert-OH is 1. The lowest BCUT2D eigenvalue weighted by Crippen LogP contribution is -2.01. The first-order chi connectivity index (χ1) is 9.63. The highest BCUT2D eigenvalue weighted by molar-refractivity contribution is 6.30. The summed E-state index contributed by atoms with van der Waals surface area (Å²) in [6, 6.07) is 13.5. The van der Waals surface area contributed by atoms with Crippen molar-refractivity contribution < 1.29 is 9.50 Å². The fourth-order valence-corrected chi connectivity index (χ4v) is 2.39. The quantitative estimate of drug-likeness (QED) is 0.769. The number of hydrogen-bond donors (Lipinski definition) is 1. The molecule has 1 atom stereocenters. The molecule has 4 heteroatoms. The summed E-state index contributed by atoms with van der Waals surface area (Å²) in [5, 5.41) is 11.5. The highest BCUT2D eigenvalue weighted by Crippen LogP contribution is 2.26. The van der Waals surface area contributed by atoms with Gasteiger partial charge in [-0.2, -0.15) is 0 Å². The summed E-state index contributed by atoms with van der Waals surface area (Å²) in [4.78, 5) is 4.29. The van der Waals surface area contributed by atoms with E-state index in [0.29, 0.717) is 11.1 Å². The smallest absolute Gasteiger partial charge is 0.125 e. The van der Waals surface area contributed by atoms with Crippen molar-refractivity contribution in [2.75, 3.05) is 0 Å². The van der Waals surface area contributed by atoms with Crippen LogP contribution in [0, 0.1) is 5.82 Å². The molecule has 20 heavy (non-hydrogen) atoms. The first kappa shape index (κ1) is 13.0. The number of benzene rings is 2. The minimum Gasteiger partial charge on any atom is -0.384 e. The summed E-state index contributed by atoms with van der Waals surface area (Å²) in [6.07, 6.45) is 0.631. The average Bonchev–Trinajstić information content (AvgIpc) is 2.45. The number of para-hydroxylation sites is 1. The van der Waals surface area contributed by atoms with Crippen LogP contribution in [0.2, 0.25) is 5.02 Å². The molecule has 0 spiro atoms. The average molecular weight is 288 g/mol. The number of halogens is 2. The van der Waals surface area contributed by atoms with Crippen LogP contribution < -0.4 is 0 Å². The molecular weight excluding hydrogens is 277 g/mol. The van der Waals surface area contributed by atoms with Gasteiger partial charge in [-0.05, 0) is 35.9 Å². The van der Waals surface area contributed by atoms with Gasteiger partial charge in [-0.15, -0.1) is 0 Å². The van der Waals surface area contributed by atoms with Crippen LogP contribution in [0.3, 0.4) is 0 Å². The maximum atomic E-state index is 13.3.